The first kappa shape index (κ1) is 19.3. The number of hydrogen-bond donors (Lipinski definition) is 2. The van der Waals surface area contributed by atoms with Gasteiger partial charge < -0.3 is 15.0 Å². The molecule has 0 saturated heterocycles. The number of hydrogen-bond acceptors (Lipinski definition) is 5. The summed E-state index contributed by atoms with van der Waals surface area (Å²) in [4.78, 5) is 36.3. The average Bonchev–Trinajstić information content (AvgIpc) is 3.31. The lowest BCUT2D eigenvalue weighted by Crippen LogP contribution is -2.36. The van der Waals surface area contributed by atoms with Gasteiger partial charge in [0.05, 0.1) is 11.3 Å². The Kier molecular flexibility index (Phi) is 4.53. The molecule has 3 heterocycles. The third-order valence-corrected chi connectivity index (χ3v) is 5.88. The number of anilines is 1. The summed E-state index contributed by atoms with van der Waals surface area (Å²) in [6.45, 7) is 0. The third kappa shape index (κ3) is 3.45. The molecule has 0 unspecified atom stereocenters. The summed E-state index contributed by atoms with van der Waals surface area (Å²) in [7, 11) is 0. The van der Waals surface area contributed by atoms with E-state index in [0.29, 0.717) is 36.9 Å². The molecule has 31 heavy (non-hydrogen) atoms. The van der Waals surface area contributed by atoms with E-state index in [1.807, 2.05) is 0 Å². The van der Waals surface area contributed by atoms with E-state index in [9.17, 15) is 18.4 Å². The number of ether oxygens (including phenoxy) is 1. The number of carbonyl (C=O) groups excluding carboxylic acids is 2. The van der Waals surface area contributed by atoms with E-state index in [2.05, 4.69) is 20.3 Å². The number of fused-ring (bicyclic) bond motifs is 2. The molecule has 1 fully saturated rings. The maximum absolute atomic E-state index is 13.4. The predicted molar refractivity (Wildman–Crippen MR) is 106 cm³/mol. The number of carbonyl (C=O) groups is 2. The maximum Gasteiger partial charge on any atom is 0.341 e. The van der Waals surface area contributed by atoms with Gasteiger partial charge in [0.2, 0.25) is 5.91 Å². The Labute approximate surface area is 175 Å². The highest BCUT2D eigenvalue weighted by molar-refractivity contribution is 5.94. The molecule has 7 nitrogen and oxygen atoms in total. The fourth-order valence-electron chi connectivity index (χ4n) is 4.35. The van der Waals surface area contributed by atoms with E-state index in [-0.39, 0.29) is 35.0 Å². The Hall–Kier alpha value is -3.62. The van der Waals surface area contributed by atoms with Gasteiger partial charge in [0.15, 0.2) is 11.4 Å². The summed E-state index contributed by atoms with van der Waals surface area (Å²) < 4.78 is 32.5. The molecule has 1 aromatic carbocycles. The number of benzene rings is 1. The molecule has 1 amide bonds. The van der Waals surface area contributed by atoms with Gasteiger partial charge >= 0.3 is 5.97 Å². The van der Waals surface area contributed by atoms with Crippen LogP contribution in [0.3, 0.4) is 0 Å². The zero-order valence-corrected chi connectivity index (χ0v) is 16.3. The van der Waals surface area contributed by atoms with Crippen molar-refractivity contribution in [3.05, 3.63) is 65.6 Å². The Morgan fingerprint density at radius 1 is 1.19 bits per heavy atom. The first-order chi connectivity index (χ1) is 14.9. The van der Waals surface area contributed by atoms with E-state index < -0.39 is 17.2 Å². The van der Waals surface area contributed by atoms with Crippen LogP contribution in [0.2, 0.25) is 0 Å². The van der Waals surface area contributed by atoms with Crippen molar-refractivity contribution >= 4 is 17.7 Å². The Morgan fingerprint density at radius 2 is 1.94 bits per heavy atom. The largest absolute Gasteiger partial charge is 0.449 e. The molecular weight excluding hydrogens is 406 g/mol. The van der Waals surface area contributed by atoms with Gasteiger partial charge in [0.25, 0.3) is 0 Å². The van der Waals surface area contributed by atoms with Crippen molar-refractivity contribution in [3.8, 4) is 11.4 Å². The van der Waals surface area contributed by atoms with Gasteiger partial charge in [-0.1, -0.05) is 0 Å². The molecule has 0 radical (unpaired) electrons. The SMILES string of the molecule is O=C1O[C@]2(CC[C@@H](C(=O)Nc3c[nH]c(-c4cc(F)cc(F)c4)n3)CC2)c2ncccc21. The van der Waals surface area contributed by atoms with Crippen LogP contribution in [0.4, 0.5) is 14.6 Å². The zero-order chi connectivity index (χ0) is 21.6. The fourth-order valence-corrected chi connectivity index (χ4v) is 4.35. The summed E-state index contributed by atoms with van der Waals surface area (Å²) in [6, 6.07) is 6.50. The number of nitrogens with zero attached hydrogens (tertiary/aromatic N) is 2. The number of amides is 1. The van der Waals surface area contributed by atoms with Crippen LogP contribution >= 0.6 is 0 Å². The fraction of sp³-hybridized carbons (Fsp3) is 0.273. The summed E-state index contributed by atoms with van der Waals surface area (Å²) in [5.74, 6) is -1.76. The van der Waals surface area contributed by atoms with Crippen LogP contribution in [0.1, 0.15) is 41.7 Å². The van der Waals surface area contributed by atoms with Crippen molar-refractivity contribution in [1.29, 1.82) is 0 Å². The minimum absolute atomic E-state index is 0.205. The van der Waals surface area contributed by atoms with Crippen molar-refractivity contribution in [2.24, 2.45) is 5.92 Å². The molecule has 158 valence electrons. The smallest absolute Gasteiger partial charge is 0.341 e. The molecule has 9 heteroatoms. The summed E-state index contributed by atoms with van der Waals surface area (Å²) in [6.07, 6.45) is 5.19. The number of pyridine rings is 1. The van der Waals surface area contributed by atoms with Crippen LogP contribution in [0.5, 0.6) is 0 Å². The quantitative estimate of drug-likeness (QED) is 0.621. The van der Waals surface area contributed by atoms with Crippen molar-refractivity contribution in [1.82, 2.24) is 15.0 Å². The highest BCUT2D eigenvalue weighted by Gasteiger charge is 2.49. The number of halogens is 2. The van der Waals surface area contributed by atoms with Crippen molar-refractivity contribution in [3.63, 3.8) is 0 Å². The number of esters is 1. The summed E-state index contributed by atoms with van der Waals surface area (Å²) >= 11 is 0. The Balaban J connectivity index is 1.25. The van der Waals surface area contributed by atoms with Gasteiger partial charge in [0, 0.05) is 29.9 Å². The molecule has 1 aliphatic carbocycles. The third-order valence-electron chi connectivity index (χ3n) is 5.88. The van der Waals surface area contributed by atoms with E-state index in [4.69, 9.17) is 4.74 Å². The molecular formula is C22H18F2N4O3. The summed E-state index contributed by atoms with van der Waals surface area (Å²) in [5, 5.41) is 2.75. The van der Waals surface area contributed by atoms with E-state index in [0.717, 1.165) is 18.2 Å². The molecule has 3 aromatic rings. The minimum Gasteiger partial charge on any atom is -0.449 e. The van der Waals surface area contributed by atoms with Crippen LogP contribution in [-0.4, -0.2) is 26.8 Å². The molecule has 5 rings (SSSR count). The number of H-pyrrole nitrogens is 1. The number of rotatable bonds is 3. The normalized spacial score (nSPS) is 22.3. The molecule has 1 aliphatic heterocycles. The minimum atomic E-state index is -0.759. The lowest BCUT2D eigenvalue weighted by molar-refractivity contribution is -0.123. The second-order valence-electron chi connectivity index (χ2n) is 7.84. The van der Waals surface area contributed by atoms with E-state index in [1.54, 1.807) is 18.3 Å². The number of imidazole rings is 1. The van der Waals surface area contributed by atoms with E-state index >= 15 is 0 Å². The van der Waals surface area contributed by atoms with Gasteiger partial charge in [-0.25, -0.2) is 18.6 Å². The highest BCUT2D eigenvalue weighted by Crippen LogP contribution is 2.47. The van der Waals surface area contributed by atoms with E-state index in [1.165, 1.54) is 6.20 Å². The van der Waals surface area contributed by atoms with Gasteiger partial charge in [-0.3, -0.25) is 9.78 Å². The second-order valence-corrected chi connectivity index (χ2v) is 7.84. The van der Waals surface area contributed by atoms with Gasteiger partial charge in [-0.05, 0) is 49.9 Å². The van der Waals surface area contributed by atoms with Gasteiger partial charge in [-0.2, -0.15) is 0 Å². The maximum atomic E-state index is 13.4. The number of aromatic nitrogens is 3. The molecule has 2 aliphatic rings. The van der Waals surface area contributed by atoms with Crippen LogP contribution in [0, 0.1) is 17.6 Å². The Bertz CT molecular complexity index is 1160. The second kappa shape index (κ2) is 7.26. The summed E-state index contributed by atoms with van der Waals surface area (Å²) in [5.41, 5.74) is 0.624. The molecule has 2 N–H and O–H groups in total. The van der Waals surface area contributed by atoms with Crippen LogP contribution < -0.4 is 5.32 Å². The van der Waals surface area contributed by atoms with Crippen LogP contribution in [-0.2, 0) is 15.1 Å². The first-order valence-electron chi connectivity index (χ1n) is 9.95. The lowest BCUT2D eigenvalue weighted by atomic mass is 9.76. The number of aromatic amines is 1. The van der Waals surface area contributed by atoms with Gasteiger partial charge in [-0.15, -0.1) is 0 Å². The first-order valence-corrected chi connectivity index (χ1v) is 9.95. The van der Waals surface area contributed by atoms with Crippen molar-refractivity contribution in [2.45, 2.75) is 31.3 Å². The van der Waals surface area contributed by atoms with Gasteiger partial charge in [0.1, 0.15) is 17.5 Å². The average molecular weight is 424 g/mol. The molecule has 0 atom stereocenters. The zero-order valence-electron chi connectivity index (χ0n) is 16.3. The van der Waals surface area contributed by atoms with Crippen LogP contribution in [0.25, 0.3) is 11.4 Å². The predicted octanol–water partition coefficient (Wildman–Crippen LogP) is 3.94. The van der Waals surface area contributed by atoms with Crippen molar-refractivity contribution in [2.75, 3.05) is 5.32 Å². The van der Waals surface area contributed by atoms with Crippen LogP contribution in [0.15, 0.2) is 42.7 Å². The van der Waals surface area contributed by atoms with Crippen molar-refractivity contribution < 1.29 is 23.1 Å². The standard InChI is InChI=1S/C22H18F2N4O3/c23-14-8-13(9-15(24)10-14)19-26-11-17(27-19)28-20(29)12-3-5-22(6-4-12)18-16(21(30)31-22)2-1-7-25-18/h1-2,7-12H,3-6H2,(H,26,27)(H,28,29)/t12-,22+. The molecule has 2 aromatic heterocycles. The Morgan fingerprint density at radius 3 is 2.68 bits per heavy atom. The topological polar surface area (TPSA) is 97.0 Å². The number of nitrogens with one attached hydrogen (secondary N) is 2. The molecule has 1 spiro atoms. The lowest BCUT2D eigenvalue weighted by Gasteiger charge is -2.35. The molecule has 1 saturated carbocycles. The highest BCUT2D eigenvalue weighted by atomic mass is 19.1. The monoisotopic (exact) mass is 424 g/mol. The molecule has 0 bridgehead atoms.